The van der Waals surface area contributed by atoms with Crippen LogP contribution in [-0.2, 0) is 0 Å². The second-order valence-corrected chi connectivity index (χ2v) is 3.35. The van der Waals surface area contributed by atoms with E-state index >= 15 is 0 Å². The summed E-state index contributed by atoms with van der Waals surface area (Å²) in [6.07, 6.45) is -0.577. The maximum atomic E-state index is 9.35. The van der Waals surface area contributed by atoms with Gasteiger partial charge in [-0.05, 0) is 11.6 Å². The van der Waals surface area contributed by atoms with Gasteiger partial charge >= 0.3 is 0 Å². The van der Waals surface area contributed by atoms with Crippen LogP contribution in [0, 0.1) is 0 Å². The molecule has 1 atom stereocenters. The number of rotatable bonds is 2. The van der Waals surface area contributed by atoms with Crippen LogP contribution in [-0.4, -0.2) is 11.0 Å². The van der Waals surface area contributed by atoms with E-state index in [-0.39, 0.29) is 5.88 Å². The van der Waals surface area contributed by atoms with Crippen molar-refractivity contribution in [2.45, 2.75) is 6.10 Å². The highest BCUT2D eigenvalue weighted by Gasteiger charge is 2.07. The lowest BCUT2D eigenvalue weighted by atomic mass is 10.1. The van der Waals surface area contributed by atoms with Gasteiger partial charge in [0, 0.05) is 4.47 Å². The molecule has 0 fully saturated rings. The number of aliphatic hydroxyl groups is 1. The van der Waals surface area contributed by atoms with Gasteiger partial charge in [0.05, 0.1) is 12.0 Å². The van der Waals surface area contributed by atoms with E-state index in [4.69, 9.17) is 11.6 Å². The summed E-state index contributed by atoms with van der Waals surface area (Å²) in [6.45, 7) is 0. The number of halogens is 2. The van der Waals surface area contributed by atoms with E-state index < -0.39 is 6.10 Å². The molecule has 0 heterocycles. The Bertz CT molecular complexity index is 239. The maximum absolute atomic E-state index is 9.35. The van der Waals surface area contributed by atoms with Crippen LogP contribution in [0.25, 0.3) is 0 Å². The molecule has 0 saturated carbocycles. The van der Waals surface area contributed by atoms with E-state index in [2.05, 4.69) is 15.9 Å². The summed E-state index contributed by atoms with van der Waals surface area (Å²) in [5.74, 6) is 0.225. The summed E-state index contributed by atoms with van der Waals surface area (Å²) in [5, 5.41) is 9.35. The van der Waals surface area contributed by atoms with Gasteiger partial charge < -0.3 is 5.11 Å². The van der Waals surface area contributed by atoms with Gasteiger partial charge in [0.1, 0.15) is 0 Å². The first-order valence-electron chi connectivity index (χ1n) is 3.24. The SMILES string of the molecule is OC(CCl)c1ccccc1Br. The molecule has 1 nitrogen and oxygen atoms in total. The lowest BCUT2D eigenvalue weighted by Crippen LogP contribution is -1.98. The van der Waals surface area contributed by atoms with Crippen LogP contribution in [0.5, 0.6) is 0 Å². The Kier molecular flexibility index (Phi) is 3.37. The van der Waals surface area contributed by atoms with Crippen molar-refractivity contribution in [1.82, 2.24) is 0 Å². The zero-order valence-corrected chi connectivity index (χ0v) is 8.14. The highest BCUT2D eigenvalue weighted by atomic mass is 79.9. The van der Waals surface area contributed by atoms with Crippen molar-refractivity contribution in [3.8, 4) is 0 Å². The van der Waals surface area contributed by atoms with E-state index in [9.17, 15) is 5.11 Å². The Morgan fingerprint density at radius 2 is 2.09 bits per heavy atom. The van der Waals surface area contributed by atoms with Gasteiger partial charge in [-0.1, -0.05) is 34.1 Å². The van der Waals surface area contributed by atoms with Crippen molar-refractivity contribution >= 4 is 27.5 Å². The molecule has 1 rings (SSSR count). The van der Waals surface area contributed by atoms with Gasteiger partial charge in [-0.25, -0.2) is 0 Å². The summed E-state index contributed by atoms with van der Waals surface area (Å²) >= 11 is 8.81. The molecule has 11 heavy (non-hydrogen) atoms. The molecule has 1 aromatic carbocycles. The highest BCUT2D eigenvalue weighted by Crippen LogP contribution is 2.23. The van der Waals surface area contributed by atoms with Crippen LogP contribution >= 0.6 is 27.5 Å². The summed E-state index contributed by atoms with van der Waals surface area (Å²) in [4.78, 5) is 0. The van der Waals surface area contributed by atoms with Crippen molar-refractivity contribution in [2.75, 3.05) is 5.88 Å². The Balaban J connectivity index is 2.93. The Labute approximate surface area is 79.1 Å². The zero-order valence-electron chi connectivity index (χ0n) is 5.80. The molecule has 0 aliphatic rings. The summed E-state index contributed by atoms with van der Waals surface area (Å²) in [7, 11) is 0. The molecule has 0 bridgehead atoms. The monoisotopic (exact) mass is 234 g/mol. The van der Waals surface area contributed by atoms with Gasteiger partial charge in [-0.3, -0.25) is 0 Å². The molecule has 3 heteroatoms. The average Bonchev–Trinajstić information content (AvgIpc) is 2.04. The molecule has 1 N–H and O–H groups in total. The molecule has 0 amide bonds. The van der Waals surface area contributed by atoms with Gasteiger partial charge in [0.15, 0.2) is 0 Å². The first-order chi connectivity index (χ1) is 5.25. The number of aliphatic hydroxyl groups excluding tert-OH is 1. The smallest absolute Gasteiger partial charge is 0.0936 e. The minimum Gasteiger partial charge on any atom is -0.387 e. The third kappa shape index (κ3) is 2.19. The molecule has 0 saturated heterocycles. The fourth-order valence-electron chi connectivity index (χ4n) is 0.828. The van der Waals surface area contributed by atoms with Crippen molar-refractivity contribution in [1.29, 1.82) is 0 Å². The Hall–Kier alpha value is -0.0500. The molecule has 0 spiro atoms. The highest BCUT2D eigenvalue weighted by molar-refractivity contribution is 9.10. The van der Waals surface area contributed by atoms with Gasteiger partial charge in [0.25, 0.3) is 0 Å². The van der Waals surface area contributed by atoms with E-state index in [0.717, 1.165) is 10.0 Å². The molecule has 60 valence electrons. The fraction of sp³-hybridized carbons (Fsp3) is 0.250. The molecule has 1 unspecified atom stereocenters. The lowest BCUT2D eigenvalue weighted by Gasteiger charge is -2.08. The number of hydrogen-bond donors (Lipinski definition) is 1. The fourth-order valence-corrected chi connectivity index (χ4v) is 1.54. The van der Waals surface area contributed by atoms with Gasteiger partial charge in [-0.15, -0.1) is 11.6 Å². The topological polar surface area (TPSA) is 20.2 Å². The quantitative estimate of drug-likeness (QED) is 0.782. The minimum absolute atomic E-state index is 0.225. The molecule has 0 aliphatic heterocycles. The second-order valence-electron chi connectivity index (χ2n) is 2.19. The summed E-state index contributed by atoms with van der Waals surface area (Å²) < 4.78 is 0.896. The summed E-state index contributed by atoms with van der Waals surface area (Å²) in [5.41, 5.74) is 0.836. The van der Waals surface area contributed by atoms with Crippen LogP contribution in [0.1, 0.15) is 11.7 Å². The predicted molar refractivity (Wildman–Crippen MR) is 49.8 cm³/mol. The molecule has 0 aliphatic carbocycles. The van der Waals surface area contributed by atoms with Crippen LogP contribution in [0.2, 0.25) is 0 Å². The number of hydrogen-bond acceptors (Lipinski definition) is 1. The molecular weight excluding hydrogens is 227 g/mol. The first-order valence-corrected chi connectivity index (χ1v) is 4.57. The number of alkyl halides is 1. The number of benzene rings is 1. The third-order valence-corrected chi connectivity index (χ3v) is 2.42. The standard InChI is InChI=1S/C8H8BrClO/c9-7-4-2-1-3-6(7)8(11)5-10/h1-4,8,11H,5H2. The predicted octanol–water partition coefficient (Wildman–Crippen LogP) is 2.72. The minimum atomic E-state index is -0.577. The van der Waals surface area contributed by atoms with Crippen molar-refractivity contribution in [3.63, 3.8) is 0 Å². The van der Waals surface area contributed by atoms with Crippen LogP contribution in [0.3, 0.4) is 0 Å². The normalized spacial score (nSPS) is 13.0. The first kappa shape index (κ1) is 9.04. The van der Waals surface area contributed by atoms with Gasteiger partial charge in [-0.2, -0.15) is 0 Å². The summed E-state index contributed by atoms with van der Waals surface area (Å²) in [6, 6.07) is 7.49. The lowest BCUT2D eigenvalue weighted by molar-refractivity contribution is 0.202. The third-order valence-electron chi connectivity index (χ3n) is 1.41. The van der Waals surface area contributed by atoms with Crippen LogP contribution < -0.4 is 0 Å². The Morgan fingerprint density at radius 1 is 1.45 bits per heavy atom. The van der Waals surface area contributed by atoms with E-state index in [1.54, 1.807) is 0 Å². The van der Waals surface area contributed by atoms with Crippen molar-refractivity contribution < 1.29 is 5.11 Å². The van der Waals surface area contributed by atoms with Crippen LogP contribution in [0.4, 0.5) is 0 Å². The van der Waals surface area contributed by atoms with Gasteiger partial charge in [0.2, 0.25) is 0 Å². The second kappa shape index (κ2) is 4.10. The molecule has 0 radical (unpaired) electrons. The molecule has 1 aromatic rings. The van der Waals surface area contributed by atoms with E-state index in [1.807, 2.05) is 24.3 Å². The molecule has 0 aromatic heterocycles. The molecular formula is C8H8BrClO. The average molecular weight is 236 g/mol. The van der Waals surface area contributed by atoms with Crippen LogP contribution in [0.15, 0.2) is 28.7 Å². The largest absolute Gasteiger partial charge is 0.387 e. The van der Waals surface area contributed by atoms with Crippen molar-refractivity contribution in [3.05, 3.63) is 34.3 Å². The Morgan fingerprint density at radius 3 is 2.64 bits per heavy atom. The van der Waals surface area contributed by atoms with E-state index in [0.29, 0.717) is 0 Å². The van der Waals surface area contributed by atoms with Crippen molar-refractivity contribution in [2.24, 2.45) is 0 Å². The maximum Gasteiger partial charge on any atom is 0.0936 e. The zero-order chi connectivity index (χ0) is 8.27. The van der Waals surface area contributed by atoms with E-state index in [1.165, 1.54) is 0 Å².